The topological polar surface area (TPSA) is 37.9 Å². The van der Waals surface area contributed by atoms with Crippen molar-refractivity contribution < 1.29 is 4.43 Å². The van der Waals surface area contributed by atoms with Crippen LogP contribution in [-0.2, 0) is 4.43 Å². The molecule has 3 nitrogen and oxygen atoms in total. The molecule has 0 aliphatic carbocycles. The van der Waals surface area contributed by atoms with Gasteiger partial charge in [0.2, 0.25) is 0 Å². The molecule has 0 bridgehead atoms. The normalized spacial score (nSPS) is 14.0. The first-order valence-corrected chi connectivity index (χ1v) is 22.5. The Morgan fingerprint density at radius 2 is 1.52 bits per heavy atom. The van der Waals surface area contributed by atoms with Crippen molar-refractivity contribution in [2.45, 2.75) is 113 Å². The summed E-state index contributed by atoms with van der Waals surface area (Å²) in [5, 5.41) is 10.1. The Bertz CT molecular complexity index is 775. The zero-order valence-electron chi connectivity index (χ0n) is 21.5. The SMILES string of the molecule is CCC[CH2][Sn]([CH2]CCC)([CH2]CCC)[c]1[nH]nc2c(C(O[Si](C)C)C(C)(C)C)cccc12. The molecular weight excluding hydrogens is 503 g/mol. The summed E-state index contributed by atoms with van der Waals surface area (Å²) in [7, 11) is -0.812. The van der Waals surface area contributed by atoms with Gasteiger partial charge in [-0.2, -0.15) is 0 Å². The third-order valence-electron chi connectivity index (χ3n) is 6.60. The molecule has 31 heavy (non-hydrogen) atoms. The molecule has 1 unspecified atom stereocenters. The predicted molar refractivity (Wildman–Crippen MR) is 141 cm³/mol. The van der Waals surface area contributed by atoms with Gasteiger partial charge in [0, 0.05) is 0 Å². The summed E-state index contributed by atoms with van der Waals surface area (Å²) in [5.74, 6) is 0. The monoisotopic (exact) mass is 551 g/mol. The predicted octanol–water partition coefficient (Wildman–Crippen LogP) is 7.97. The zero-order chi connectivity index (χ0) is 23.1. The van der Waals surface area contributed by atoms with Crippen molar-refractivity contribution in [1.29, 1.82) is 0 Å². The summed E-state index contributed by atoms with van der Waals surface area (Å²) in [6.07, 6.45) is 8.09. The summed E-state index contributed by atoms with van der Waals surface area (Å²) in [5.41, 5.74) is 2.49. The van der Waals surface area contributed by atoms with Crippen molar-refractivity contribution in [1.82, 2.24) is 10.2 Å². The molecule has 0 fully saturated rings. The van der Waals surface area contributed by atoms with E-state index in [9.17, 15) is 0 Å². The van der Waals surface area contributed by atoms with Crippen LogP contribution in [0.15, 0.2) is 18.2 Å². The number of nitrogens with zero attached hydrogens (tertiary/aromatic N) is 1. The number of aromatic nitrogens is 2. The van der Waals surface area contributed by atoms with Gasteiger partial charge in [0.25, 0.3) is 0 Å². The summed E-state index contributed by atoms with van der Waals surface area (Å²) < 4.78 is 12.5. The third-order valence-corrected chi connectivity index (χ3v) is 22.6. The van der Waals surface area contributed by atoms with Crippen molar-refractivity contribution in [2.24, 2.45) is 5.41 Å². The van der Waals surface area contributed by atoms with Crippen LogP contribution in [0.1, 0.15) is 91.7 Å². The molecule has 0 saturated carbocycles. The van der Waals surface area contributed by atoms with Crippen LogP contribution in [0.5, 0.6) is 0 Å². The molecule has 5 heteroatoms. The molecule has 1 radical (unpaired) electrons. The first-order chi connectivity index (χ1) is 14.7. The second kappa shape index (κ2) is 12.2. The average Bonchev–Trinajstić information content (AvgIpc) is 3.16. The van der Waals surface area contributed by atoms with Crippen LogP contribution in [0.3, 0.4) is 0 Å². The van der Waals surface area contributed by atoms with Gasteiger partial charge in [0.05, 0.1) is 0 Å². The van der Waals surface area contributed by atoms with Gasteiger partial charge in [-0.25, -0.2) is 0 Å². The fourth-order valence-corrected chi connectivity index (χ4v) is 22.0. The molecule has 0 spiro atoms. The van der Waals surface area contributed by atoms with E-state index in [-0.39, 0.29) is 11.5 Å². The molecule has 0 saturated heterocycles. The molecule has 1 N–H and O–H groups in total. The Morgan fingerprint density at radius 3 is 1.97 bits per heavy atom. The average molecular weight is 550 g/mol. The molecule has 0 aliphatic heterocycles. The van der Waals surface area contributed by atoms with E-state index in [0.717, 1.165) is 0 Å². The Morgan fingerprint density at radius 1 is 0.968 bits per heavy atom. The number of rotatable bonds is 13. The van der Waals surface area contributed by atoms with E-state index in [1.807, 2.05) is 0 Å². The third kappa shape index (κ3) is 6.83. The summed E-state index contributed by atoms with van der Waals surface area (Å²) in [4.78, 5) is 0. The number of hydrogen-bond donors (Lipinski definition) is 1. The van der Waals surface area contributed by atoms with Crippen molar-refractivity contribution in [2.75, 3.05) is 0 Å². The number of para-hydroxylation sites is 1. The van der Waals surface area contributed by atoms with Crippen LogP contribution in [0.4, 0.5) is 0 Å². The molecule has 1 atom stereocenters. The van der Waals surface area contributed by atoms with E-state index >= 15 is 0 Å². The van der Waals surface area contributed by atoms with Crippen molar-refractivity contribution >= 4 is 42.0 Å². The Labute approximate surface area is 197 Å². The molecule has 0 amide bonds. The number of nitrogens with one attached hydrogen (secondary N) is 1. The molecule has 1 heterocycles. The van der Waals surface area contributed by atoms with Gasteiger partial charge in [0.15, 0.2) is 0 Å². The maximum absolute atomic E-state index is 6.56. The van der Waals surface area contributed by atoms with Crippen LogP contribution < -0.4 is 3.71 Å². The van der Waals surface area contributed by atoms with E-state index in [0.29, 0.717) is 0 Å². The summed E-state index contributed by atoms with van der Waals surface area (Å²) in [6.45, 7) is 18.4. The minimum atomic E-state index is -2.58. The number of benzene rings is 1. The number of hydrogen-bond acceptors (Lipinski definition) is 2. The van der Waals surface area contributed by atoms with E-state index < -0.39 is 27.4 Å². The summed E-state index contributed by atoms with van der Waals surface area (Å²) >= 11 is -2.58. The maximum atomic E-state index is 6.56. The fraction of sp³-hybridized carbons (Fsp3) is 0.731. The molecule has 0 aliphatic rings. The molecule has 1 aromatic heterocycles. The fourth-order valence-electron chi connectivity index (χ4n) is 4.91. The second-order valence-electron chi connectivity index (χ2n) is 10.7. The first kappa shape index (κ1) is 26.9. The minimum absolute atomic E-state index is 0.0440. The van der Waals surface area contributed by atoms with Crippen LogP contribution in [0.25, 0.3) is 10.9 Å². The molecular formula is C26H47N2OSiSn. The number of unbranched alkanes of at least 4 members (excludes halogenated alkanes) is 3. The van der Waals surface area contributed by atoms with Crippen LogP contribution in [-0.4, -0.2) is 37.6 Å². The second-order valence-corrected chi connectivity index (χ2v) is 25.8. The van der Waals surface area contributed by atoms with Gasteiger partial charge < -0.3 is 0 Å². The Hall–Kier alpha value is -0.334. The van der Waals surface area contributed by atoms with Gasteiger partial charge in [-0.1, -0.05) is 0 Å². The van der Waals surface area contributed by atoms with Crippen molar-refractivity contribution in [3.63, 3.8) is 0 Å². The van der Waals surface area contributed by atoms with Gasteiger partial charge in [-0.3, -0.25) is 0 Å². The Balaban J connectivity index is 2.63. The molecule has 2 aromatic rings. The Kier molecular flexibility index (Phi) is 10.6. The van der Waals surface area contributed by atoms with E-state index in [1.165, 1.54) is 68.3 Å². The van der Waals surface area contributed by atoms with E-state index in [1.54, 1.807) is 3.71 Å². The van der Waals surface area contributed by atoms with Gasteiger partial charge >= 0.3 is 198 Å². The zero-order valence-corrected chi connectivity index (χ0v) is 25.4. The first-order valence-electron chi connectivity index (χ1n) is 12.6. The molecule has 1 aromatic carbocycles. The number of aromatic amines is 1. The van der Waals surface area contributed by atoms with E-state index in [2.05, 4.69) is 77.9 Å². The molecule has 175 valence electrons. The van der Waals surface area contributed by atoms with Crippen LogP contribution in [0, 0.1) is 5.41 Å². The van der Waals surface area contributed by atoms with Crippen molar-refractivity contribution in [3.05, 3.63) is 23.8 Å². The number of H-pyrrole nitrogens is 1. The quantitative estimate of drug-likeness (QED) is 0.257. The van der Waals surface area contributed by atoms with E-state index in [4.69, 9.17) is 9.52 Å². The van der Waals surface area contributed by atoms with Crippen LogP contribution in [0.2, 0.25) is 26.4 Å². The number of fused-ring (bicyclic) bond motifs is 1. The molecule has 2 rings (SSSR count). The van der Waals surface area contributed by atoms with Gasteiger partial charge in [0.1, 0.15) is 0 Å². The standard InChI is InChI=1S/C14H20N2OSi.3C4H9.Sn/c1-14(2,3)13(17-18(4)5)11-8-6-7-10-9-15-16-12(10)11;3*1-3-4-2;/h6-8,13H,1-5H3,(H,15,16);3*1,3-4H2,2H3;. The summed E-state index contributed by atoms with van der Waals surface area (Å²) in [6, 6.07) is 6.86. The van der Waals surface area contributed by atoms with Gasteiger partial charge in [-0.05, 0) is 0 Å². The van der Waals surface area contributed by atoms with Gasteiger partial charge in [-0.15, -0.1) is 0 Å². The van der Waals surface area contributed by atoms with Crippen molar-refractivity contribution in [3.8, 4) is 0 Å². The van der Waals surface area contributed by atoms with Crippen LogP contribution >= 0.6 is 0 Å².